The summed E-state index contributed by atoms with van der Waals surface area (Å²) < 4.78 is 5.02. The molecule has 2 amide bonds. The summed E-state index contributed by atoms with van der Waals surface area (Å²) in [4.78, 5) is 32.5. The second kappa shape index (κ2) is 5.35. The van der Waals surface area contributed by atoms with Crippen LogP contribution in [-0.2, 0) is 16.1 Å². The van der Waals surface area contributed by atoms with Gasteiger partial charge in [0.1, 0.15) is 12.1 Å². The van der Waals surface area contributed by atoms with Crippen molar-refractivity contribution in [1.29, 1.82) is 0 Å². The van der Waals surface area contributed by atoms with Gasteiger partial charge in [-0.3, -0.25) is 9.59 Å². The quantitative estimate of drug-likeness (QED) is 0.826. The lowest BCUT2D eigenvalue weighted by atomic mass is 10.1. The first-order valence-electron chi connectivity index (χ1n) is 7.21. The van der Waals surface area contributed by atoms with Gasteiger partial charge in [0, 0.05) is 25.4 Å². The summed E-state index contributed by atoms with van der Waals surface area (Å²) in [5.74, 6) is 0.642. The van der Waals surface area contributed by atoms with E-state index in [9.17, 15) is 9.59 Å². The van der Waals surface area contributed by atoms with E-state index >= 15 is 0 Å². The number of carbonyl (C=O) groups is 2. The van der Waals surface area contributed by atoms with Crippen LogP contribution in [0.1, 0.15) is 25.3 Å². The van der Waals surface area contributed by atoms with Crippen LogP contribution < -0.4 is 4.74 Å². The molecule has 2 fully saturated rings. The Labute approximate surface area is 123 Å². The van der Waals surface area contributed by atoms with Gasteiger partial charge in [0.2, 0.25) is 17.7 Å². The van der Waals surface area contributed by atoms with Crippen molar-refractivity contribution >= 4 is 11.8 Å². The van der Waals surface area contributed by atoms with Crippen molar-refractivity contribution in [2.24, 2.45) is 0 Å². The van der Waals surface area contributed by atoms with E-state index in [0.29, 0.717) is 19.0 Å². The normalized spacial score (nSPS) is 25.2. The molecule has 6 heteroatoms. The highest BCUT2D eigenvalue weighted by molar-refractivity contribution is 5.97. The number of carbonyl (C=O) groups excluding carboxylic acids is 2. The zero-order valence-electron chi connectivity index (χ0n) is 12.3. The highest BCUT2D eigenvalue weighted by atomic mass is 16.5. The van der Waals surface area contributed by atoms with Gasteiger partial charge in [0.25, 0.3) is 0 Å². The van der Waals surface area contributed by atoms with Crippen LogP contribution in [0.2, 0.25) is 0 Å². The molecule has 1 aromatic rings. The van der Waals surface area contributed by atoms with Crippen LogP contribution in [0.5, 0.6) is 5.88 Å². The highest BCUT2D eigenvalue weighted by Crippen LogP contribution is 2.27. The lowest BCUT2D eigenvalue weighted by Gasteiger charge is -2.40. The van der Waals surface area contributed by atoms with Crippen LogP contribution in [0.25, 0.3) is 0 Å². The van der Waals surface area contributed by atoms with Gasteiger partial charge in [0.05, 0.1) is 7.11 Å². The molecule has 2 aliphatic heterocycles. The maximum Gasteiger partial charge on any atom is 0.246 e. The van der Waals surface area contributed by atoms with Gasteiger partial charge in [-0.05, 0) is 25.3 Å². The summed E-state index contributed by atoms with van der Waals surface area (Å²) in [5.41, 5.74) is 0.898. The second-order valence-electron chi connectivity index (χ2n) is 5.54. The third-order valence-electron chi connectivity index (χ3n) is 4.29. The van der Waals surface area contributed by atoms with Crippen molar-refractivity contribution in [2.75, 3.05) is 13.7 Å². The molecule has 6 nitrogen and oxygen atoms in total. The Morgan fingerprint density at radius 1 is 1.33 bits per heavy atom. The fourth-order valence-electron chi connectivity index (χ4n) is 3.08. The predicted octanol–water partition coefficient (Wildman–Crippen LogP) is 0.812. The number of amides is 2. The molecule has 2 saturated heterocycles. The SMILES string of the molecule is COc1ccc(CN2C(=O)C3CCCN3C(=O)C2C)cn1. The number of nitrogens with zero attached hydrogens (tertiary/aromatic N) is 3. The number of hydrogen-bond donors (Lipinski definition) is 0. The first-order chi connectivity index (χ1) is 10.1. The number of fused-ring (bicyclic) bond motifs is 1. The van der Waals surface area contributed by atoms with E-state index in [4.69, 9.17) is 4.74 Å². The van der Waals surface area contributed by atoms with Crippen LogP contribution >= 0.6 is 0 Å². The highest BCUT2D eigenvalue weighted by Gasteiger charge is 2.45. The van der Waals surface area contributed by atoms with Crippen molar-refractivity contribution in [3.05, 3.63) is 23.9 Å². The van der Waals surface area contributed by atoms with Gasteiger partial charge >= 0.3 is 0 Å². The largest absolute Gasteiger partial charge is 0.481 e. The van der Waals surface area contributed by atoms with Gasteiger partial charge in [-0.1, -0.05) is 6.07 Å². The number of piperazine rings is 1. The lowest BCUT2D eigenvalue weighted by Crippen LogP contribution is -2.61. The molecule has 2 atom stereocenters. The molecule has 3 rings (SSSR count). The van der Waals surface area contributed by atoms with Crippen molar-refractivity contribution in [1.82, 2.24) is 14.8 Å². The number of rotatable bonds is 3. The van der Waals surface area contributed by atoms with Crippen LogP contribution in [0.4, 0.5) is 0 Å². The Morgan fingerprint density at radius 2 is 2.14 bits per heavy atom. The fourth-order valence-corrected chi connectivity index (χ4v) is 3.08. The second-order valence-corrected chi connectivity index (χ2v) is 5.54. The van der Waals surface area contributed by atoms with Gasteiger partial charge in [0.15, 0.2) is 0 Å². The fraction of sp³-hybridized carbons (Fsp3) is 0.533. The molecule has 3 heterocycles. The van der Waals surface area contributed by atoms with E-state index in [0.717, 1.165) is 18.4 Å². The average molecular weight is 289 g/mol. The molecule has 0 radical (unpaired) electrons. The molecule has 1 aromatic heterocycles. The molecule has 112 valence electrons. The van der Waals surface area contributed by atoms with Gasteiger partial charge in [-0.25, -0.2) is 4.98 Å². The van der Waals surface area contributed by atoms with Crippen molar-refractivity contribution in [3.8, 4) is 5.88 Å². The van der Waals surface area contributed by atoms with Gasteiger partial charge in [-0.2, -0.15) is 0 Å². The Hall–Kier alpha value is -2.11. The molecule has 0 spiro atoms. The zero-order valence-corrected chi connectivity index (χ0v) is 12.3. The number of hydrogen-bond acceptors (Lipinski definition) is 4. The van der Waals surface area contributed by atoms with E-state index in [2.05, 4.69) is 4.98 Å². The topological polar surface area (TPSA) is 62.7 Å². The minimum absolute atomic E-state index is 0.0513. The summed E-state index contributed by atoms with van der Waals surface area (Å²) in [5, 5.41) is 0. The summed E-state index contributed by atoms with van der Waals surface area (Å²) in [6, 6.07) is 2.96. The monoisotopic (exact) mass is 289 g/mol. The summed E-state index contributed by atoms with van der Waals surface area (Å²) in [6.07, 6.45) is 3.37. The Morgan fingerprint density at radius 3 is 2.81 bits per heavy atom. The van der Waals surface area contributed by atoms with Crippen molar-refractivity contribution in [2.45, 2.75) is 38.4 Å². The first-order valence-corrected chi connectivity index (χ1v) is 7.21. The molecule has 21 heavy (non-hydrogen) atoms. The van der Waals surface area contributed by atoms with E-state index < -0.39 is 6.04 Å². The third kappa shape index (κ3) is 2.34. The minimum Gasteiger partial charge on any atom is -0.481 e. The van der Waals surface area contributed by atoms with E-state index in [1.807, 2.05) is 6.07 Å². The van der Waals surface area contributed by atoms with Crippen molar-refractivity contribution < 1.29 is 14.3 Å². The summed E-state index contributed by atoms with van der Waals surface area (Å²) >= 11 is 0. The maximum absolute atomic E-state index is 12.6. The van der Waals surface area contributed by atoms with Crippen molar-refractivity contribution in [3.63, 3.8) is 0 Å². The number of ether oxygens (including phenoxy) is 1. The number of aromatic nitrogens is 1. The minimum atomic E-state index is -0.408. The van der Waals surface area contributed by atoms with Crippen LogP contribution in [0.3, 0.4) is 0 Å². The lowest BCUT2D eigenvalue weighted by molar-refractivity contribution is -0.159. The van der Waals surface area contributed by atoms with Crippen LogP contribution in [-0.4, -0.2) is 52.3 Å². The summed E-state index contributed by atoms with van der Waals surface area (Å²) in [7, 11) is 1.56. The maximum atomic E-state index is 12.6. The zero-order chi connectivity index (χ0) is 15.0. The molecule has 0 saturated carbocycles. The number of methoxy groups -OCH3 is 1. The van der Waals surface area contributed by atoms with Gasteiger partial charge < -0.3 is 14.5 Å². The molecule has 0 aliphatic carbocycles. The third-order valence-corrected chi connectivity index (χ3v) is 4.29. The Kier molecular flexibility index (Phi) is 3.53. The molecule has 0 aromatic carbocycles. The molecule has 2 unspecified atom stereocenters. The van der Waals surface area contributed by atoms with E-state index in [1.54, 1.807) is 36.1 Å². The molecular formula is C15H19N3O3. The summed E-state index contributed by atoms with van der Waals surface area (Å²) in [6.45, 7) is 2.91. The molecule has 0 bridgehead atoms. The Bertz CT molecular complexity index is 558. The first kappa shape index (κ1) is 13.9. The molecule has 0 N–H and O–H groups in total. The predicted molar refractivity (Wildman–Crippen MR) is 75.5 cm³/mol. The van der Waals surface area contributed by atoms with Gasteiger partial charge in [-0.15, -0.1) is 0 Å². The van der Waals surface area contributed by atoms with Crippen LogP contribution in [0, 0.1) is 0 Å². The average Bonchev–Trinajstić information content (AvgIpc) is 3.00. The standard InChI is InChI=1S/C15H19N3O3/c1-10-14(19)17-7-3-4-12(17)15(20)18(10)9-11-5-6-13(21-2)16-8-11/h5-6,8,10,12H,3-4,7,9H2,1-2H3. The Balaban J connectivity index is 1.79. The van der Waals surface area contributed by atoms with Crippen LogP contribution in [0.15, 0.2) is 18.3 Å². The number of pyridine rings is 1. The smallest absolute Gasteiger partial charge is 0.246 e. The van der Waals surface area contributed by atoms with E-state index in [1.165, 1.54) is 0 Å². The molecular weight excluding hydrogens is 270 g/mol. The molecule has 2 aliphatic rings. The van der Waals surface area contributed by atoms with E-state index in [-0.39, 0.29) is 17.9 Å².